The van der Waals surface area contributed by atoms with Crippen LogP contribution in [0.4, 0.5) is 5.69 Å². The Hall–Kier alpha value is -1.98. The Bertz CT molecular complexity index is 688. The number of benzene rings is 2. The van der Waals surface area contributed by atoms with E-state index in [1.54, 1.807) is 12.1 Å². The molecule has 2 nitrogen and oxygen atoms in total. The second kappa shape index (κ2) is 6.20. The van der Waals surface area contributed by atoms with Gasteiger partial charge < -0.3 is 5.32 Å². The van der Waals surface area contributed by atoms with Crippen LogP contribution in [0.1, 0.15) is 35.4 Å². The Kier molecular flexibility index (Phi) is 4.13. The van der Waals surface area contributed by atoms with Crippen molar-refractivity contribution in [3.8, 4) is 6.07 Å². The quantitative estimate of drug-likeness (QED) is 0.887. The highest BCUT2D eigenvalue weighted by Gasteiger charge is 2.19. The van der Waals surface area contributed by atoms with Crippen LogP contribution < -0.4 is 5.32 Å². The van der Waals surface area contributed by atoms with E-state index in [-0.39, 0.29) is 0 Å². The van der Waals surface area contributed by atoms with Crippen molar-refractivity contribution in [3.05, 3.63) is 64.2 Å². The van der Waals surface area contributed by atoms with Crippen LogP contribution in [-0.2, 0) is 6.42 Å². The molecule has 1 aliphatic rings. The summed E-state index contributed by atoms with van der Waals surface area (Å²) in [6, 6.07) is 16.2. The summed E-state index contributed by atoms with van der Waals surface area (Å²) in [5.41, 5.74) is 4.43. The van der Waals surface area contributed by atoms with Gasteiger partial charge in [0.05, 0.1) is 22.3 Å². The van der Waals surface area contributed by atoms with E-state index < -0.39 is 0 Å². The van der Waals surface area contributed by atoms with Crippen molar-refractivity contribution in [1.82, 2.24) is 0 Å². The van der Waals surface area contributed by atoms with Crippen LogP contribution in [0.25, 0.3) is 0 Å². The van der Waals surface area contributed by atoms with Gasteiger partial charge in [-0.05, 0) is 48.6 Å². The maximum atomic E-state index is 8.87. The summed E-state index contributed by atoms with van der Waals surface area (Å²) in [6.07, 6.45) is 3.63. The van der Waals surface area contributed by atoms with Gasteiger partial charge in [0.15, 0.2) is 0 Å². The smallest absolute Gasteiger partial charge is 0.0992 e. The van der Waals surface area contributed by atoms with Gasteiger partial charge in [-0.25, -0.2) is 0 Å². The first kappa shape index (κ1) is 14.0. The highest BCUT2D eigenvalue weighted by Crippen LogP contribution is 2.32. The minimum atomic E-state index is 0.529. The molecule has 0 heterocycles. The van der Waals surface area contributed by atoms with Gasteiger partial charge in [-0.1, -0.05) is 35.9 Å². The van der Waals surface area contributed by atoms with E-state index in [2.05, 4.69) is 35.7 Å². The molecule has 0 bridgehead atoms. The van der Waals surface area contributed by atoms with Gasteiger partial charge in [-0.3, -0.25) is 0 Å². The standard InChI is InChI=1S/C18H17ClN2/c19-17-10-13(11-20)8-9-18(17)21-12-15-6-3-5-14-4-1-2-7-16(14)15/h1-2,4,7-10,15,21H,3,5-6,12H2. The summed E-state index contributed by atoms with van der Waals surface area (Å²) in [4.78, 5) is 0. The summed E-state index contributed by atoms with van der Waals surface area (Å²) in [5, 5.41) is 12.9. The summed E-state index contributed by atoms with van der Waals surface area (Å²) in [7, 11) is 0. The van der Waals surface area contributed by atoms with Gasteiger partial charge in [0.25, 0.3) is 0 Å². The van der Waals surface area contributed by atoms with Crippen molar-refractivity contribution in [2.45, 2.75) is 25.2 Å². The van der Waals surface area contributed by atoms with Crippen LogP contribution >= 0.6 is 11.6 Å². The molecule has 0 saturated carbocycles. The van der Waals surface area contributed by atoms with E-state index in [0.717, 1.165) is 12.2 Å². The predicted molar refractivity (Wildman–Crippen MR) is 86.8 cm³/mol. The predicted octanol–water partition coefficient (Wildman–Crippen LogP) is 4.74. The third-order valence-corrected chi connectivity index (χ3v) is 4.44. The molecule has 0 amide bonds. The summed E-state index contributed by atoms with van der Waals surface area (Å²) in [5.74, 6) is 0.529. The molecule has 1 aliphatic carbocycles. The largest absolute Gasteiger partial charge is 0.383 e. The molecule has 0 fully saturated rings. The van der Waals surface area contributed by atoms with E-state index in [1.807, 2.05) is 6.07 Å². The second-order valence-corrected chi connectivity index (χ2v) is 5.88. The molecule has 3 rings (SSSR count). The molecule has 1 N–H and O–H groups in total. The molecule has 106 valence electrons. The Balaban J connectivity index is 1.73. The third kappa shape index (κ3) is 3.04. The Morgan fingerprint density at radius 3 is 2.90 bits per heavy atom. The lowest BCUT2D eigenvalue weighted by Gasteiger charge is -2.26. The van der Waals surface area contributed by atoms with Crippen LogP contribution in [0, 0.1) is 11.3 Å². The molecular formula is C18H17ClN2. The zero-order valence-electron chi connectivity index (χ0n) is 11.8. The normalized spacial score (nSPS) is 16.9. The van der Waals surface area contributed by atoms with Gasteiger partial charge in [-0.2, -0.15) is 5.26 Å². The molecular weight excluding hydrogens is 280 g/mol. The van der Waals surface area contributed by atoms with Crippen LogP contribution in [0.15, 0.2) is 42.5 Å². The Morgan fingerprint density at radius 2 is 2.10 bits per heavy atom. The highest BCUT2D eigenvalue weighted by molar-refractivity contribution is 6.33. The number of nitriles is 1. The van der Waals surface area contributed by atoms with Crippen LogP contribution in [0.2, 0.25) is 5.02 Å². The van der Waals surface area contributed by atoms with E-state index in [9.17, 15) is 0 Å². The van der Waals surface area contributed by atoms with Crippen molar-refractivity contribution in [2.75, 3.05) is 11.9 Å². The van der Waals surface area contributed by atoms with Crippen LogP contribution in [0.3, 0.4) is 0 Å². The lowest BCUT2D eigenvalue weighted by atomic mass is 9.83. The molecule has 0 spiro atoms. The van der Waals surface area contributed by atoms with Gasteiger partial charge in [-0.15, -0.1) is 0 Å². The Morgan fingerprint density at radius 1 is 1.24 bits per heavy atom. The average molecular weight is 297 g/mol. The molecule has 0 aromatic heterocycles. The fourth-order valence-corrected chi connectivity index (χ4v) is 3.28. The molecule has 3 heteroatoms. The van der Waals surface area contributed by atoms with Crippen molar-refractivity contribution in [3.63, 3.8) is 0 Å². The third-order valence-electron chi connectivity index (χ3n) is 4.13. The van der Waals surface area contributed by atoms with E-state index in [0.29, 0.717) is 16.5 Å². The minimum absolute atomic E-state index is 0.529. The zero-order valence-corrected chi connectivity index (χ0v) is 12.5. The first-order valence-electron chi connectivity index (χ1n) is 7.29. The van der Waals surface area contributed by atoms with Crippen molar-refractivity contribution in [2.24, 2.45) is 0 Å². The maximum Gasteiger partial charge on any atom is 0.0992 e. The summed E-state index contributed by atoms with van der Waals surface area (Å²) in [6.45, 7) is 0.878. The van der Waals surface area contributed by atoms with Crippen LogP contribution in [-0.4, -0.2) is 6.54 Å². The second-order valence-electron chi connectivity index (χ2n) is 5.48. The molecule has 0 aliphatic heterocycles. The highest BCUT2D eigenvalue weighted by atomic mass is 35.5. The van der Waals surface area contributed by atoms with E-state index >= 15 is 0 Å². The first-order chi connectivity index (χ1) is 10.3. The number of halogens is 1. The van der Waals surface area contributed by atoms with Gasteiger partial charge in [0.1, 0.15) is 0 Å². The monoisotopic (exact) mass is 296 g/mol. The number of anilines is 1. The van der Waals surface area contributed by atoms with Gasteiger partial charge in [0.2, 0.25) is 0 Å². The minimum Gasteiger partial charge on any atom is -0.383 e. The number of nitrogens with zero attached hydrogens (tertiary/aromatic N) is 1. The number of fused-ring (bicyclic) bond motifs is 1. The lowest BCUT2D eigenvalue weighted by Crippen LogP contribution is -2.18. The molecule has 21 heavy (non-hydrogen) atoms. The fraction of sp³-hybridized carbons (Fsp3) is 0.278. The van der Waals surface area contributed by atoms with Gasteiger partial charge >= 0.3 is 0 Å². The van der Waals surface area contributed by atoms with Crippen molar-refractivity contribution < 1.29 is 0 Å². The number of hydrogen-bond acceptors (Lipinski definition) is 2. The van der Waals surface area contributed by atoms with Crippen molar-refractivity contribution >= 4 is 17.3 Å². The molecule has 0 saturated heterocycles. The molecule has 2 aromatic carbocycles. The van der Waals surface area contributed by atoms with Gasteiger partial charge in [0, 0.05) is 12.5 Å². The first-order valence-corrected chi connectivity index (χ1v) is 7.67. The van der Waals surface area contributed by atoms with E-state index in [1.165, 1.54) is 30.4 Å². The Labute approximate surface area is 130 Å². The molecule has 1 unspecified atom stereocenters. The zero-order chi connectivity index (χ0) is 14.7. The van der Waals surface area contributed by atoms with Crippen molar-refractivity contribution in [1.29, 1.82) is 5.26 Å². The number of hydrogen-bond donors (Lipinski definition) is 1. The molecule has 0 radical (unpaired) electrons. The number of aryl methyl sites for hydroxylation is 1. The topological polar surface area (TPSA) is 35.8 Å². The lowest BCUT2D eigenvalue weighted by molar-refractivity contribution is 0.572. The number of nitrogens with one attached hydrogen (secondary N) is 1. The SMILES string of the molecule is N#Cc1ccc(NCC2CCCc3ccccc32)c(Cl)c1. The summed E-state index contributed by atoms with van der Waals surface area (Å²) >= 11 is 6.21. The number of rotatable bonds is 3. The van der Waals surface area contributed by atoms with E-state index in [4.69, 9.17) is 16.9 Å². The maximum absolute atomic E-state index is 8.87. The average Bonchev–Trinajstić information content (AvgIpc) is 2.53. The fourth-order valence-electron chi connectivity index (χ4n) is 3.03. The molecule has 2 aromatic rings. The van der Waals surface area contributed by atoms with Crippen LogP contribution in [0.5, 0.6) is 0 Å². The molecule has 1 atom stereocenters. The summed E-state index contributed by atoms with van der Waals surface area (Å²) < 4.78 is 0.